The lowest BCUT2D eigenvalue weighted by molar-refractivity contribution is -0.118. The van der Waals surface area contributed by atoms with E-state index in [1.54, 1.807) is 22.9 Å². The number of hydrazone groups is 1. The second-order valence-corrected chi connectivity index (χ2v) is 8.83. The maximum atomic E-state index is 13.3. The zero-order chi connectivity index (χ0) is 24.6. The van der Waals surface area contributed by atoms with Gasteiger partial charge in [0.2, 0.25) is 0 Å². The Kier molecular flexibility index (Phi) is 7.95. The van der Waals surface area contributed by atoms with E-state index in [9.17, 15) is 9.59 Å². The Balaban J connectivity index is 1.47. The number of carbonyl (C=O) groups is 1. The fourth-order valence-electron chi connectivity index (χ4n) is 3.34. The normalized spacial score (nSPS) is 11.1. The molecule has 0 radical (unpaired) electrons. The number of aromatic nitrogens is 2. The standard InChI is InChI=1S/C27H26N4O3S/c1-3-16-34-22-14-10-20(11-15-22)17-28-30-25(32)18-35-27-29-24-7-5-4-6-23(24)26(33)31(27)21-12-8-19(2)9-13-21/h4-15,17H,3,16,18H2,1-2H3,(H,30,32)/b28-17-. The van der Waals surface area contributed by atoms with Crippen LogP contribution in [0, 0.1) is 6.92 Å². The number of amides is 1. The Hall–Kier alpha value is -3.91. The molecule has 0 bridgehead atoms. The Bertz CT molecular complexity index is 1400. The number of fused-ring (bicyclic) bond motifs is 1. The molecule has 0 aliphatic rings. The molecule has 0 saturated carbocycles. The van der Waals surface area contributed by atoms with E-state index in [4.69, 9.17) is 4.74 Å². The summed E-state index contributed by atoms with van der Waals surface area (Å²) in [4.78, 5) is 30.4. The van der Waals surface area contributed by atoms with Crippen molar-refractivity contribution in [3.05, 3.63) is 94.3 Å². The van der Waals surface area contributed by atoms with Crippen molar-refractivity contribution in [1.82, 2.24) is 15.0 Å². The van der Waals surface area contributed by atoms with Gasteiger partial charge in [-0.05, 0) is 67.4 Å². The monoisotopic (exact) mass is 486 g/mol. The van der Waals surface area contributed by atoms with Gasteiger partial charge in [0.25, 0.3) is 11.5 Å². The minimum absolute atomic E-state index is 0.0534. The Morgan fingerprint density at radius 3 is 2.57 bits per heavy atom. The molecule has 0 fully saturated rings. The van der Waals surface area contributed by atoms with Crippen LogP contribution in [0.5, 0.6) is 5.75 Å². The fraction of sp³-hybridized carbons (Fsp3) is 0.185. The van der Waals surface area contributed by atoms with Crippen LogP contribution in [0.3, 0.4) is 0 Å². The molecule has 7 nitrogen and oxygen atoms in total. The van der Waals surface area contributed by atoms with Crippen LogP contribution < -0.4 is 15.7 Å². The van der Waals surface area contributed by atoms with Crippen molar-refractivity contribution in [3.63, 3.8) is 0 Å². The quantitative estimate of drug-likeness (QED) is 0.160. The zero-order valence-corrected chi connectivity index (χ0v) is 20.4. The number of nitrogens with one attached hydrogen (secondary N) is 1. The van der Waals surface area contributed by atoms with E-state index in [-0.39, 0.29) is 17.2 Å². The summed E-state index contributed by atoms with van der Waals surface area (Å²) in [5.41, 5.74) is 5.58. The van der Waals surface area contributed by atoms with Crippen LogP contribution in [0.25, 0.3) is 16.6 Å². The van der Waals surface area contributed by atoms with Gasteiger partial charge < -0.3 is 4.74 Å². The van der Waals surface area contributed by atoms with E-state index in [1.165, 1.54) is 11.8 Å². The summed E-state index contributed by atoms with van der Waals surface area (Å²) >= 11 is 1.19. The molecule has 0 unspecified atom stereocenters. The van der Waals surface area contributed by atoms with Crippen LogP contribution in [0.1, 0.15) is 24.5 Å². The molecule has 0 saturated heterocycles. The minimum atomic E-state index is -0.299. The van der Waals surface area contributed by atoms with Crippen molar-refractivity contribution < 1.29 is 9.53 Å². The number of carbonyl (C=O) groups excluding carboxylic acids is 1. The third kappa shape index (κ3) is 6.16. The first-order valence-electron chi connectivity index (χ1n) is 11.3. The second kappa shape index (κ2) is 11.5. The van der Waals surface area contributed by atoms with Crippen LogP contribution >= 0.6 is 11.8 Å². The number of thioether (sulfide) groups is 1. The average molecular weight is 487 g/mol. The van der Waals surface area contributed by atoms with E-state index in [2.05, 4.69) is 22.4 Å². The van der Waals surface area contributed by atoms with Gasteiger partial charge in [-0.25, -0.2) is 10.4 Å². The van der Waals surface area contributed by atoms with Crippen molar-refractivity contribution in [2.45, 2.75) is 25.4 Å². The highest BCUT2D eigenvalue weighted by Gasteiger charge is 2.14. The lowest BCUT2D eigenvalue weighted by Crippen LogP contribution is -2.24. The van der Waals surface area contributed by atoms with Crippen molar-refractivity contribution in [2.24, 2.45) is 5.10 Å². The van der Waals surface area contributed by atoms with Gasteiger partial charge in [-0.15, -0.1) is 0 Å². The Morgan fingerprint density at radius 1 is 1.09 bits per heavy atom. The van der Waals surface area contributed by atoms with Crippen molar-refractivity contribution >= 4 is 34.8 Å². The summed E-state index contributed by atoms with van der Waals surface area (Å²) < 4.78 is 7.11. The van der Waals surface area contributed by atoms with Gasteiger partial charge >= 0.3 is 0 Å². The molecule has 1 N–H and O–H groups in total. The maximum Gasteiger partial charge on any atom is 0.266 e. The first-order chi connectivity index (χ1) is 17.0. The van der Waals surface area contributed by atoms with Crippen LogP contribution in [-0.2, 0) is 4.79 Å². The summed E-state index contributed by atoms with van der Waals surface area (Å²) in [5.74, 6) is 0.552. The predicted octanol–water partition coefficient (Wildman–Crippen LogP) is 4.73. The molecule has 1 heterocycles. The SMILES string of the molecule is CCCOc1ccc(/C=N\NC(=O)CSc2nc3ccccc3c(=O)n2-c2ccc(C)cc2)cc1. The summed E-state index contributed by atoms with van der Waals surface area (Å²) in [7, 11) is 0. The molecular formula is C27H26N4O3S. The lowest BCUT2D eigenvalue weighted by Gasteiger charge is -2.13. The van der Waals surface area contributed by atoms with Crippen LogP contribution in [0.15, 0.2) is 87.8 Å². The molecule has 3 aromatic carbocycles. The zero-order valence-electron chi connectivity index (χ0n) is 19.6. The highest BCUT2D eigenvalue weighted by molar-refractivity contribution is 7.99. The van der Waals surface area contributed by atoms with E-state index in [0.717, 1.165) is 23.3 Å². The molecule has 178 valence electrons. The number of hydrogen-bond donors (Lipinski definition) is 1. The molecule has 1 aromatic heterocycles. The number of para-hydroxylation sites is 1. The maximum absolute atomic E-state index is 13.3. The Labute approximate surface area is 207 Å². The third-order valence-electron chi connectivity index (χ3n) is 5.13. The highest BCUT2D eigenvalue weighted by Crippen LogP contribution is 2.21. The predicted molar refractivity (Wildman–Crippen MR) is 141 cm³/mol. The summed E-state index contributed by atoms with van der Waals surface area (Å²) in [6.45, 7) is 4.71. The molecule has 0 atom stereocenters. The molecule has 35 heavy (non-hydrogen) atoms. The first kappa shape index (κ1) is 24.2. The van der Waals surface area contributed by atoms with Crippen LogP contribution in [0.2, 0.25) is 0 Å². The number of nitrogens with zero attached hydrogens (tertiary/aromatic N) is 3. The molecule has 4 aromatic rings. The van der Waals surface area contributed by atoms with E-state index in [0.29, 0.717) is 28.4 Å². The highest BCUT2D eigenvalue weighted by atomic mass is 32.2. The number of rotatable bonds is 9. The smallest absolute Gasteiger partial charge is 0.266 e. The third-order valence-corrected chi connectivity index (χ3v) is 6.06. The average Bonchev–Trinajstić information content (AvgIpc) is 2.88. The van der Waals surface area contributed by atoms with Gasteiger partial charge in [0.05, 0.1) is 35.2 Å². The molecular weight excluding hydrogens is 460 g/mol. The van der Waals surface area contributed by atoms with Crippen LogP contribution in [-0.4, -0.2) is 34.0 Å². The molecule has 0 aliphatic heterocycles. The number of benzene rings is 3. The van der Waals surface area contributed by atoms with Gasteiger partial charge in [-0.1, -0.05) is 48.5 Å². The van der Waals surface area contributed by atoms with Gasteiger partial charge in [0, 0.05) is 0 Å². The van der Waals surface area contributed by atoms with Gasteiger partial charge in [0.1, 0.15) is 5.75 Å². The van der Waals surface area contributed by atoms with Gasteiger partial charge in [0.15, 0.2) is 5.16 Å². The summed E-state index contributed by atoms with van der Waals surface area (Å²) in [6.07, 6.45) is 2.52. The van der Waals surface area contributed by atoms with Crippen molar-refractivity contribution in [3.8, 4) is 11.4 Å². The van der Waals surface area contributed by atoms with Crippen molar-refractivity contribution in [2.75, 3.05) is 12.4 Å². The minimum Gasteiger partial charge on any atom is -0.494 e. The lowest BCUT2D eigenvalue weighted by atomic mass is 10.2. The number of ether oxygens (including phenoxy) is 1. The van der Waals surface area contributed by atoms with Crippen molar-refractivity contribution in [1.29, 1.82) is 0 Å². The molecule has 8 heteroatoms. The largest absolute Gasteiger partial charge is 0.494 e. The topological polar surface area (TPSA) is 85.6 Å². The van der Waals surface area contributed by atoms with Crippen LogP contribution in [0.4, 0.5) is 0 Å². The van der Waals surface area contributed by atoms with E-state index in [1.807, 2.05) is 67.6 Å². The number of hydrogen-bond acceptors (Lipinski definition) is 6. The van der Waals surface area contributed by atoms with Gasteiger partial charge in [-0.2, -0.15) is 5.10 Å². The first-order valence-corrected chi connectivity index (χ1v) is 12.3. The summed E-state index contributed by atoms with van der Waals surface area (Å²) in [6, 6.07) is 22.3. The second-order valence-electron chi connectivity index (χ2n) is 7.89. The van der Waals surface area contributed by atoms with E-state index < -0.39 is 0 Å². The molecule has 0 spiro atoms. The molecule has 0 aliphatic carbocycles. The Morgan fingerprint density at radius 2 is 1.83 bits per heavy atom. The summed E-state index contributed by atoms with van der Waals surface area (Å²) in [5, 5.41) is 5.01. The fourth-order valence-corrected chi connectivity index (χ4v) is 4.15. The van der Waals surface area contributed by atoms with E-state index >= 15 is 0 Å². The molecule has 1 amide bonds. The number of aryl methyl sites for hydroxylation is 1. The molecule has 4 rings (SSSR count). The van der Waals surface area contributed by atoms with Gasteiger partial charge in [-0.3, -0.25) is 14.2 Å².